The first-order valence-corrected chi connectivity index (χ1v) is 6.31. The van der Waals surface area contributed by atoms with Crippen LogP contribution in [0.2, 0.25) is 0 Å². The van der Waals surface area contributed by atoms with Crippen molar-refractivity contribution in [2.75, 3.05) is 7.05 Å². The van der Waals surface area contributed by atoms with Gasteiger partial charge in [-0.25, -0.2) is 0 Å². The zero-order valence-corrected chi connectivity index (χ0v) is 11.4. The normalized spacial score (nSPS) is 20.1. The maximum Gasteiger partial charge on any atom is 0.235 e. The van der Waals surface area contributed by atoms with Gasteiger partial charge in [-0.1, -0.05) is 32.5 Å². The molecular formula is C12H22N2OS. The summed E-state index contributed by atoms with van der Waals surface area (Å²) in [4.78, 5) is 14.6. The molecule has 0 aromatic heterocycles. The number of nitrogens with zero attached hydrogens (tertiary/aromatic N) is 1. The lowest BCUT2D eigenvalue weighted by atomic mass is 9.67. The van der Waals surface area contributed by atoms with Crippen LogP contribution in [0.4, 0.5) is 0 Å². The second-order valence-corrected chi connectivity index (χ2v) is 5.64. The molecule has 1 saturated carbocycles. The van der Waals surface area contributed by atoms with Crippen molar-refractivity contribution in [3.05, 3.63) is 0 Å². The molecule has 0 aliphatic heterocycles. The number of nitrogens with two attached hydrogens (primary N) is 1. The van der Waals surface area contributed by atoms with E-state index >= 15 is 0 Å². The quantitative estimate of drug-likeness (QED) is 0.766. The molecule has 0 aromatic carbocycles. The van der Waals surface area contributed by atoms with Crippen molar-refractivity contribution in [1.29, 1.82) is 0 Å². The van der Waals surface area contributed by atoms with Crippen LogP contribution in [0, 0.1) is 11.3 Å². The minimum Gasteiger partial charge on any atom is -0.392 e. The second kappa shape index (κ2) is 4.70. The fourth-order valence-electron chi connectivity index (χ4n) is 2.07. The molecule has 1 aliphatic rings. The molecule has 0 heterocycles. The number of carbonyl (C=O) groups is 1. The van der Waals surface area contributed by atoms with Crippen LogP contribution in [0.1, 0.15) is 40.0 Å². The van der Waals surface area contributed by atoms with Crippen LogP contribution < -0.4 is 5.73 Å². The predicted molar refractivity (Wildman–Crippen MR) is 70.1 cm³/mol. The summed E-state index contributed by atoms with van der Waals surface area (Å²) >= 11 is 5.06. The molecule has 0 bridgehead atoms. The number of amides is 1. The van der Waals surface area contributed by atoms with E-state index in [1.807, 2.05) is 11.9 Å². The van der Waals surface area contributed by atoms with Gasteiger partial charge in [0, 0.05) is 13.1 Å². The second-order valence-electron chi connectivity index (χ2n) is 5.20. The highest BCUT2D eigenvalue weighted by molar-refractivity contribution is 7.80. The predicted octanol–water partition coefficient (Wildman–Crippen LogP) is 1.95. The third kappa shape index (κ3) is 2.08. The van der Waals surface area contributed by atoms with Crippen molar-refractivity contribution in [3.8, 4) is 0 Å². The molecule has 0 radical (unpaired) electrons. The third-order valence-electron chi connectivity index (χ3n) is 3.98. The van der Waals surface area contributed by atoms with Gasteiger partial charge in [0.2, 0.25) is 5.91 Å². The van der Waals surface area contributed by atoms with E-state index in [2.05, 4.69) is 20.8 Å². The van der Waals surface area contributed by atoms with E-state index in [-0.39, 0.29) is 11.9 Å². The molecule has 2 N–H and O–H groups in total. The molecule has 1 amide bonds. The van der Waals surface area contributed by atoms with E-state index < -0.39 is 5.41 Å². The zero-order valence-electron chi connectivity index (χ0n) is 10.6. The summed E-state index contributed by atoms with van der Waals surface area (Å²) in [5.41, 5.74) is 5.20. The number of thiocarbonyl (C=S) groups is 1. The summed E-state index contributed by atoms with van der Waals surface area (Å²) < 4.78 is 0. The Morgan fingerprint density at radius 1 is 1.38 bits per heavy atom. The Labute approximate surface area is 103 Å². The van der Waals surface area contributed by atoms with Crippen LogP contribution >= 0.6 is 12.2 Å². The SMILES string of the molecule is CC(C)C(C)N(C)C(=O)C1(C(N)=S)CCC1. The third-order valence-corrected chi connectivity index (χ3v) is 4.37. The van der Waals surface area contributed by atoms with Crippen LogP contribution in [0.3, 0.4) is 0 Å². The number of carbonyl (C=O) groups excluding carboxylic acids is 1. The molecule has 0 spiro atoms. The average Bonchev–Trinajstić information content (AvgIpc) is 2.12. The zero-order chi connectivity index (χ0) is 12.5. The Kier molecular flexibility index (Phi) is 3.94. The highest BCUT2D eigenvalue weighted by atomic mass is 32.1. The van der Waals surface area contributed by atoms with Gasteiger partial charge in [0.1, 0.15) is 0 Å². The molecule has 1 rings (SSSR count). The Morgan fingerprint density at radius 3 is 2.12 bits per heavy atom. The Balaban J connectivity index is 2.80. The molecule has 0 saturated heterocycles. The van der Waals surface area contributed by atoms with Gasteiger partial charge in [-0.3, -0.25) is 4.79 Å². The van der Waals surface area contributed by atoms with Gasteiger partial charge >= 0.3 is 0 Å². The highest BCUT2D eigenvalue weighted by Gasteiger charge is 2.48. The minimum atomic E-state index is -0.534. The fourth-order valence-corrected chi connectivity index (χ4v) is 2.36. The standard InChI is InChI=1S/C12H22N2OS/c1-8(2)9(3)14(4)11(15)12(10(13)16)6-5-7-12/h8-9H,5-7H2,1-4H3,(H2,13,16). The molecule has 1 unspecified atom stereocenters. The topological polar surface area (TPSA) is 46.3 Å². The van der Waals surface area contributed by atoms with Crippen molar-refractivity contribution in [3.63, 3.8) is 0 Å². The van der Waals surface area contributed by atoms with Crippen molar-refractivity contribution < 1.29 is 4.79 Å². The first kappa shape index (κ1) is 13.4. The molecule has 1 aliphatic carbocycles. The molecule has 3 nitrogen and oxygen atoms in total. The maximum absolute atomic E-state index is 12.4. The summed E-state index contributed by atoms with van der Waals surface area (Å²) in [7, 11) is 1.85. The molecule has 16 heavy (non-hydrogen) atoms. The van der Waals surface area contributed by atoms with Crippen LogP contribution in [0.5, 0.6) is 0 Å². The monoisotopic (exact) mass is 242 g/mol. The first-order valence-electron chi connectivity index (χ1n) is 5.90. The summed E-state index contributed by atoms with van der Waals surface area (Å²) in [6.07, 6.45) is 2.68. The number of rotatable bonds is 4. The van der Waals surface area contributed by atoms with Crippen LogP contribution in [0.25, 0.3) is 0 Å². The minimum absolute atomic E-state index is 0.104. The molecular weight excluding hydrogens is 220 g/mol. The van der Waals surface area contributed by atoms with E-state index in [0.717, 1.165) is 19.3 Å². The van der Waals surface area contributed by atoms with Gasteiger partial charge in [0.05, 0.1) is 10.4 Å². The van der Waals surface area contributed by atoms with Crippen molar-refractivity contribution in [2.45, 2.75) is 46.1 Å². The number of hydrogen-bond donors (Lipinski definition) is 1. The van der Waals surface area contributed by atoms with Crippen LogP contribution in [-0.4, -0.2) is 28.9 Å². The van der Waals surface area contributed by atoms with Crippen molar-refractivity contribution in [2.24, 2.45) is 17.1 Å². The lowest BCUT2D eigenvalue weighted by Crippen LogP contribution is -2.55. The Hall–Kier alpha value is -0.640. The van der Waals surface area contributed by atoms with Gasteiger partial charge in [0.15, 0.2) is 0 Å². The first-order chi connectivity index (χ1) is 7.33. The lowest BCUT2D eigenvalue weighted by molar-refractivity contribution is -0.143. The number of hydrogen-bond acceptors (Lipinski definition) is 2. The van der Waals surface area contributed by atoms with Gasteiger partial charge in [-0.2, -0.15) is 0 Å². The highest BCUT2D eigenvalue weighted by Crippen LogP contribution is 2.43. The Morgan fingerprint density at radius 2 is 1.88 bits per heavy atom. The summed E-state index contributed by atoms with van der Waals surface area (Å²) in [5, 5.41) is 0. The Bertz CT molecular complexity index is 297. The summed E-state index contributed by atoms with van der Waals surface area (Å²) in [5.74, 6) is 0.546. The van der Waals surface area contributed by atoms with Gasteiger partial charge < -0.3 is 10.6 Å². The average molecular weight is 242 g/mol. The molecule has 1 fully saturated rings. The van der Waals surface area contributed by atoms with Gasteiger partial charge in [-0.15, -0.1) is 0 Å². The van der Waals surface area contributed by atoms with Gasteiger partial charge in [0.25, 0.3) is 0 Å². The van der Waals surface area contributed by atoms with E-state index in [4.69, 9.17) is 18.0 Å². The van der Waals surface area contributed by atoms with Gasteiger partial charge in [-0.05, 0) is 25.7 Å². The molecule has 1 atom stereocenters. The van der Waals surface area contributed by atoms with E-state index in [1.54, 1.807) is 0 Å². The van der Waals surface area contributed by atoms with E-state index in [0.29, 0.717) is 10.9 Å². The van der Waals surface area contributed by atoms with Crippen LogP contribution in [0.15, 0.2) is 0 Å². The molecule has 4 heteroatoms. The van der Waals surface area contributed by atoms with Crippen LogP contribution in [-0.2, 0) is 4.79 Å². The lowest BCUT2D eigenvalue weighted by Gasteiger charge is -2.43. The smallest absolute Gasteiger partial charge is 0.235 e. The maximum atomic E-state index is 12.4. The fraction of sp³-hybridized carbons (Fsp3) is 0.833. The largest absolute Gasteiger partial charge is 0.392 e. The summed E-state index contributed by atoms with van der Waals surface area (Å²) in [6.45, 7) is 6.29. The summed E-state index contributed by atoms with van der Waals surface area (Å²) in [6, 6.07) is 0.222. The van der Waals surface area contributed by atoms with Crippen molar-refractivity contribution >= 4 is 23.1 Å². The molecule has 92 valence electrons. The molecule has 0 aromatic rings. The van der Waals surface area contributed by atoms with Crippen molar-refractivity contribution in [1.82, 2.24) is 4.90 Å². The van der Waals surface area contributed by atoms with E-state index in [9.17, 15) is 4.79 Å². The van der Waals surface area contributed by atoms with E-state index in [1.165, 1.54) is 0 Å².